The molecule has 2 atom stereocenters. The second-order valence-electron chi connectivity index (χ2n) is 3.71. The van der Waals surface area contributed by atoms with Gasteiger partial charge in [0.2, 0.25) is 0 Å². The molecule has 0 saturated heterocycles. The molecule has 0 aliphatic heterocycles. The quantitative estimate of drug-likeness (QED) is 0.604. The SMILES string of the molecule is CCS(=O)c1nc(/C=N/OC(C)CN)cnc1C. The molecule has 2 unspecified atom stereocenters. The molecule has 100 valence electrons. The summed E-state index contributed by atoms with van der Waals surface area (Å²) in [5.41, 5.74) is 6.57. The van der Waals surface area contributed by atoms with Crippen molar-refractivity contribution in [2.75, 3.05) is 12.3 Å². The van der Waals surface area contributed by atoms with Crippen LogP contribution in [0.4, 0.5) is 0 Å². The van der Waals surface area contributed by atoms with E-state index in [2.05, 4.69) is 15.1 Å². The van der Waals surface area contributed by atoms with Gasteiger partial charge in [-0.3, -0.25) is 9.19 Å². The number of hydrogen-bond acceptors (Lipinski definition) is 6. The molecule has 1 aromatic rings. The largest absolute Gasteiger partial charge is 0.391 e. The normalized spacial score (nSPS) is 14.7. The van der Waals surface area contributed by atoms with Gasteiger partial charge >= 0.3 is 0 Å². The zero-order valence-electron chi connectivity index (χ0n) is 10.8. The van der Waals surface area contributed by atoms with Gasteiger partial charge in [-0.15, -0.1) is 0 Å². The molecule has 0 bridgehead atoms. The van der Waals surface area contributed by atoms with Gasteiger partial charge in [0.15, 0.2) is 0 Å². The lowest BCUT2D eigenvalue weighted by Gasteiger charge is -2.05. The number of aromatic nitrogens is 2. The van der Waals surface area contributed by atoms with Crippen molar-refractivity contribution >= 4 is 17.0 Å². The van der Waals surface area contributed by atoms with E-state index in [1.165, 1.54) is 6.21 Å². The fourth-order valence-electron chi connectivity index (χ4n) is 1.09. The maximum atomic E-state index is 11.7. The average molecular weight is 270 g/mol. The number of aryl methyl sites for hydroxylation is 1. The molecule has 0 fully saturated rings. The second kappa shape index (κ2) is 7.17. The first-order chi connectivity index (χ1) is 8.58. The van der Waals surface area contributed by atoms with Gasteiger partial charge in [0, 0.05) is 12.3 Å². The van der Waals surface area contributed by atoms with Crippen LogP contribution in [0.15, 0.2) is 16.4 Å². The fourth-order valence-corrected chi connectivity index (χ4v) is 1.95. The highest BCUT2D eigenvalue weighted by atomic mass is 32.2. The fraction of sp³-hybridized carbons (Fsp3) is 0.545. The minimum atomic E-state index is -1.12. The molecule has 1 heterocycles. The Hall–Kier alpha value is -1.34. The number of hydrogen-bond donors (Lipinski definition) is 1. The Morgan fingerprint density at radius 3 is 3.00 bits per heavy atom. The van der Waals surface area contributed by atoms with Crippen LogP contribution < -0.4 is 5.73 Å². The summed E-state index contributed by atoms with van der Waals surface area (Å²) in [6.45, 7) is 5.82. The molecule has 7 heteroatoms. The predicted octanol–water partition coefficient (Wildman–Crippen LogP) is 0.610. The van der Waals surface area contributed by atoms with Crippen LogP contribution in [0.3, 0.4) is 0 Å². The summed E-state index contributed by atoms with van der Waals surface area (Å²) in [5.74, 6) is 0.511. The Morgan fingerprint density at radius 1 is 1.67 bits per heavy atom. The summed E-state index contributed by atoms with van der Waals surface area (Å²) in [5, 5.41) is 4.26. The standard InChI is InChI=1S/C11H18N4O2S/c1-4-18(16)11-9(3)13-6-10(15-11)7-14-17-8(2)5-12/h6-8H,4-5,12H2,1-3H3/b14-7+. The van der Waals surface area contributed by atoms with Crippen molar-refractivity contribution in [1.29, 1.82) is 0 Å². The molecule has 1 rings (SSSR count). The van der Waals surface area contributed by atoms with Gasteiger partial charge in [0.1, 0.15) is 16.8 Å². The third-order valence-electron chi connectivity index (χ3n) is 2.17. The third-order valence-corrected chi connectivity index (χ3v) is 3.51. The van der Waals surface area contributed by atoms with Gasteiger partial charge in [-0.1, -0.05) is 12.1 Å². The van der Waals surface area contributed by atoms with E-state index in [4.69, 9.17) is 10.6 Å². The zero-order chi connectivity index (χ0) is 13.5. The van der Waals surface area contributed by atoms with Gasteiger partial charge in [-0.2, -0.15) is 0 Å². The summed E-state index contributed by atoms with van der Waals surface area (Å²) in [6.07, 6.45) is 2.85. The summed E-state index contributed by atoms with van der Waals surface area (Å²) in [7, 11) is -1.12. The lowest BCUT2D eigenvalue weighted by molar-refractivity contribution is 0.0799. The Labute approximate surface area is 109 Å². The van der Waals surface area contributed by atoms with Crippen LogP contribution in [-0.4, -0.2) is 38.8 Å². The summed E-state index contributed by atoms with van der Waals surface area (Å²) >= 11 is 0. The highest BCUT2D eigenvalue weighted by Gasteiger charge is 2.09. The molecule has 0 spiro atoms. The van der Waals surface area contributed by atoms with Crippen LogP contribution in [0.2, 0.25) is 0 Å². The predicted molar refractivity (Wildman–Crippen MR) is 70.9 cm³/mol. The van der Waals surface area contributed by atoms with E-state index in [-0.39, 0.29) is 6.10 Å². The van der Waals surface area contributed by atoms with Gasteiger partial charge in [-0.05, 0) is 13.8 Å². The maximum absolute atomic E-state index is 11.7. The Balaban J connectivity index is 2.82. The number of nitrogens with two attached hydrogens (primary N) is 1. The minimum Gasteiger partial charge on any atom is -0.391 e. The van der Waals surface area contributed by atoms with Crippen LogP contribution in [0.1, 0.15) is 25.2 Å². The Bertz CT molecular complexity index is 451. The Kier molecular flexibility index (Phi) is 5.87. The van der Waals surface area contributed by atoms with Gasteiger partial charge in [0.05, 0.1) is 28.9 Å². The molecule has 18 heavy (non-hydrogen) atoms. The maximum Gasteiger partial charge on any atom is 0.149 e. The van der Waals surface area contributed by atoms with E-state index in [0.29, 0.717) is 28.7 Å². The van der Waals surface area contributed by atoms with E-state index in [9.17, 15) is 4.21 Å². The molecule has 2 N–H and O–H groups in total. The van der Waals surface area contributed by atoms with Crippen molar-refractivity contribution in [2.45, 2.75) is 31.9 Å². The van der Waals surface area contributed by atoms with Crippen molar-refractivity contribution in [2.24, 2.45) is 10.9 Å². The Morgan fingerprint density at radius 2 is 2.39 bits per heavy atom. The van der Waals surface area contributed by atoms with Gasteiger partial charge in [-0.25, -0.2) is 4.98 Å². The first-order valence-corrected chi connectivity index (χ1v) is 7.01. The molecular formula is C11H18N4O2S. The highest BCUT2D eigenvalue weighted by Crippen LogP contribution is 2.07. The molecule has 0 saturated carbocycles. The smallest absolute Gasteiger partial charge is 0.149 e. The van der Waals surface area contributed by atoms with E-state index in [0.717, 1.165) is 0 Å². The molecular weight excluding hydrogens is 252 g/mol. The molecule has 0 aliphatic rings. The molecule has 6 nitrogen and oxygen atoms in total. The van der Waals surface area contributed by atoms with Crippen molar-refractivity contribution in [3.05, 3.63) is 17.6 Å². The molecule has 0 amide bonds. The monoisotopic (exact) mass is 270 g/mol. The van der Waals surface area contributed by atoms with E-state index in [1.54, 1.807) is 13.1 Å². The van der Waals surface area contributed by atoms with Crippen LogP contribution in [0.25, 0.3) is 0 Å². The molecule has 0 aromatic carbocycles. The summed E-state index contributed by atoms with van der Waals surface area (Å²) in [6, 6.07) is 0. The first-order valence-electron chi connectivity index (χ1n) is 5.69. The van der Waals surface area contributed by atoms with Gasteiger partial charge in [0.25, 0.3) is 0 Å². The van der Waals surface area contributed by atoms with Gasteiger partial charge < -0.3 is 10.6 Å². The number of oxime groups is 1. The van der Waals surface area contributed by atoms with Crippen molar-refractivity contribution < 1.29 is 9.05 Å². The number of rotatable bonds is 6. The van der Waals surface area contributed by atoms with Crippen LogP contribution in [-0.2, 0) is 15.6 Å². The van der Waals surface area contributed by atoms with Crippen LogP contribution in [0.5, 0.6) is 0 Å². The van der Waals surface area contributed by atoms with Crippen molar-refractivity contribution in [3.63, 3.8) is 0 Å². The van der Waals surface area contributed by atoms with Crippen LogP contribution in [0, 0.1) is 6.92 Å². The summed E-state index contributed by atoms with van der Waals surface area (Å²) in [4.78, 5) is 13.4. The molecule has 1 aromatic heterocycles. The van der Waals surface area contributed by atoms with E-state index < -0.39 is 10.8 Å². The molecule has 0 aliphatic carbocycles. The first kappa shape index (κ1) is 14.7. The molecule has 0 radical (unpaired) electrons. The van der Waals surface area contributed by atoms with Crippen LogP contribution >= 0.6 is 0 Å². The third kappa shape index (κ3) is 4.15. The second-order valence-corrected chi connectivity index (χ2v) is 5.36. The minimum absolute atomic E-state index is 0.149. The lowest BCUT2D eigenvalue weighted by atomic mass is 10.4. The number of nitrogens with zero attached hydrogens (tertiary/aromatic N) is 3. The summed E-state index contributed by atoms with van der Waals surface area (Å²) < 4.78 is 11.7. The lowest BCUT2D eigenvalue weighted by Crippen LogP contribution is -2.17. The zero-order valence-corrected chi connectivity index (χ0v) is 11.6. The van der Waals surface area contributed by atoms with Crippen molar-refractivity contribution in [3.8, 4) is 0 Å². The topological polar surface area (TPSA) is 90.5 Å². The average Bonchev–Trinajstić information content (AvgIpc) is 2.39. The highest BCUT2D eigenvalue weighted by molar-refractivity contribution is 7.84. The van der Waals surface area contributed by atoms with Crippen molar-refractivity contribution in [1.82, 2.24) is 9.97 Å². The van der Waals surface area contributed by atoms with E-state index >= 15 is 0 Å². The van der Waals surface area contributed by atoms with E-state index in [1.807, 2.05) is 13.8 Å².